The molecule has 8 heteroatoms. The molecule has 0 aliphatic rings. The van der Waals surface area contributed by atoms with Gasteiger partial charge in [-0.05, 0) is 45.2 Å². The van der Waals surface area contributed by atoms with Gasteiger partial charge in [0.05, 0.1) is 0 Å². The minimum absolute atomic E-state index is 0.724. The molecule has 0 amide bonds. The quantitative estimate of drug-likeness (QED) is 0.592. The van der Waals surface area contributed by atoms with E-state index in [-0.39, 0.29) is 0 Å². The third-order valence-electron chi connectivity index (χ3n) is 2.67. The highest BCUT2D eigenvalue weighted by Crippen LogP contribution is 2.09. The second-order valence-electron chi connectivity index (χ2n) is 4.25. The lowest BCUT2D eigenvalue weighted by atomic mass is 10.5. The van der Waals surface area contributed by atoms with Gasteiger partial charge in [0.2, 0.25) is 11.9 Å². The van der Waals surface area contributed by atoms with Crippen molar-refractivity contribution in [3.8, 4) is 0 Å². The van der Waals surface area contributed by atoms with Crippen LogP contribution < -0.4 is 9.80 Å². The minimum atomic E-state index is 0.724. The highest BCUT2D eigenvalue weighted by Gasteiger charge is 2.08. The summed E-state index contributed by atoms with van der Waals surface area (Å²) >= 11 is 4.39. The van der Waals surface area contributed by atoms with Crippen LogP contribution in [0.2, 0.25) is 0 Å². The molecule has 0 unspecified atom stereocenters. The molecule has 2 rings (SSSR count). The van der Waals surface area contributed by atoms with Gasteiger partial charge in [0.25, 0.3) is 0 Å². The van der Waals surface area contributed by atoms with Gasteiger partial charge in [-0.15, -0.1) is 0 Å². The van der Waals surface area contributed by atoms with Gasteiger partial charge >= 0.3 is 0 Å². The molecular weight excluding hydrogens is 482 g/mol. The van der Waals surface area contributed by atoms with Crippen LogP contribution in [0, 0.1) is 7.14 Å². The lowest BCUT2D eigenvalue weighted by Gasteiger charge is -2.22. The molecule has 0 saturated heterocycles. The van der Waals surface area contributed by atoms with Crippen molar-refractivity contribution in [3.05, 3.63) is 31.9 Å². The Bertz CT molecular complexity index is 493. The average molecular weight is 496 g/mol. The number of aromatic nitrogens is 4. The van der Waals surface area contributed by atoms with E-state index >= 15 is 0 Å². The molecule has 0 atom stereocenters. The number of hydrogen-bond donors (Lipinski definition) is 0. The SMILES string of the molecule is CN(CCN(C)c1ncc(I)cn1)c1ncc(I)cn1. The van der Waals surface area contributed by atoms with E-state index in [1.807, 2.05) is 48.7 Å². The number of anilines is 2. The van der Waals surface area contributed by atoms with Crippen molar-refractivity contribution in [1.29, 1.82) is 0 Å². The van der Waals surface area contributed by atoms with Crippen LogP contribution in [0.1, 0.15) is 0 Å². The normalized spacial score (nSPS) is 10.4. The van der Waals surface area contributed by atoms with E-state index in [0.29, 0.717) is 0 Å². The number of nitrogens with zero attached hydrogens (tertiary/aromatic N) is 6. The molecule has 6 nitrogen and oxygen atoms in total. The summed E-state index contributed by atoms with van der Waals surface area (Å²) in [6.07, 6.45) is 7.24. The third-order valence-corrected chi connectivity index (χ3v) is 3.78. The van der Waals surface area contributed by atoms with E-state index in [1.54, 1.807) is 0 Å². The summed E-state index contributed by atoms with van der Waals surface area (Å²) in [5, 5.41) is 0. The fraction of sp³-hybridized carbons (Fsp3) is 0.333. The summed E-state index contributed by atoms with van der Waals surface area (Å²) in [5.74, 6) is 1.45. The highest BCUT2D eigenvalue weighted by atomic mass is 127. The van der Waals surface area contributed by atoms with Gasteiger partial charge in [-0.2, -0.15) is 0 Å². The standard InChI is InChI=1S/C12H14I2N6/c1-19(11-15-5-9(13)6-16-11)3-4-20(2)12-17-7-10(14)8-18-12/h5-8H,3-4H2,1-2H3. The van der Waals surface area contributed by atoms with Gasteiger partial charge < -0.3 is 9.80 Å². The number of rotatable bonds is 5. The van der Waals surface area contributed by atoms with E-state index in [1.165, 1.54) is 0 Å². The second kappa shape index (κ2) is 7.29. The lowest BCUT2D eigenvalue weighted by Crippen LogP contribution is -2.32. The van der Waals surface area contributed by atoms with Gasteiger partial charge in [-0.1, -0.05) is 0 Å². The smallest absolute Gasteiger partial charge is 0.225 e. The Morgan fingerprint density at radius 1 is 0.750 bits per heavy atom. The summed E-state index contributed by atoms with van der Waals surface area (Å²) in [5.41, 5.74) is 0. The Labute approximate surface area is 145 Å². The van der Waals surface area contributed by atoms with Crippen LogP contribution in [0.15, 0.2) is 24.8 Å². The average Bonchev–Trinajstić information content (AvgIpc) is 2.46. The van der Waals surface area contributed by atoms with Crippen molar-refractivity contribution < 1.29 is 0 Å². The Hall–Kier alpha value is -0.780. The van der Waals surface area contributed by atoms with Crippen LogP contribution in [-0.2, 0) is 0 Å². The molecule has 0 saturated carbocycles. The molecule has 0 fully saturated rings. The summed E-state index contributed by atoms with van der Waals surface area (Å²) in [6, 6.07) is 0. The van der Waals surface area contributed by atoms with Crippen molar-refractivity contribution in [3.63, 3.8) is 0 Å². The third kappa shape index (κ3) is 4.36. The number of hydrogen-bond acceptors (Lipinski definition) is 6. The molecule has 0 aromatic carbocycles. The minimum Gasteiger partial charge on any atom is -0.342 e. The van der Waals surface area contributed by atoms with Crippen molar-refractivity contribution in [2.24, 2.45) is 0 Å². The zero-order valence-corrected chi connectivity index (χ0v) is 15.5. The van der Waals surface area contributed by atoms with Crippen molar-refractivity contribution in [2.75, 3.05) is 37.0 Å². The molecule has 0 aliphatic carbocycles. The zero-order chi connectivity index (χ0) is 14.5. The first-order chi connectivity index (χ1) is 9.56. The fourth-order valence-corrected chi connectivity index (χ4v) is 2.06. The fourth-order valence-electron chi connectivity index (χ4n) is 1.51. The van der Waals surface area contributed by atoms with Crippen LogP contribution >= 0.6 is 45.2 Å². The first kappa shape index (κ1) is 15.6. The Kier molecular flexibility index (Phi) is 5.69. The maximum absolute atomic E-state index is 4.30. The molecule has 20 heavy (non-hydrogen) atoms. The van der Waals surface area contributed by atoms with Crippen molar-refractivity contribution >= 4 is 57.1 Å². The zero-order valence-electron chi connectivity index (χ0n) is 11.2. The van der Waals surface area contributed by atoms with Gasteiger partial charge in [-0.3, -0.25) is 0 Å². The lowest BCUT2D eigenvalue weighted by molar-refractivity contribution is 0.788. The topological polar surface area (TPSA) is 58.0 Å². The molecule has 2 heterocycles. The molecule has 0 aliphatic heterocycles. The van der Waals surface area contributed by atoms with E-state index in [2.05, 4.69) is 65.1 Å². The van der Waals surface area contributed by atoms with Crippen molar-refractivity contribution in [2.45, 2.75) is 0 Å². The van der Waals surface area contributed by atoms with Crippen LogP contribution in [-0.4, -0.2) is 47.1 Å². The Morgan fingerprint density at radius 2 is 1.05 bits per heavy atom. The van der Waals surface area contributed by atoms with Gasteiger partial charge in [0.15, 0.2) is 0 Å². The molecule has 2 aromatic heterocycles. The largest absolute Gasteiger partial charge is 0.342 e. The molecule has 0 spiro atoms. The first-order valence-corrected chi connectivity index (χ1v) is 8.09. The summed E-state index contributed by atoms with van der Waals surface area (Å²) in [7, 11) is 3.95. The Balaban J connectivity index is 1.91. The predicted octanol–water partition coefficient (Wildman–Crippen LogP) is 2.05. The number of likely N-dealkylation sites (N-methyl/N-ethyl adjacent to an activating group) is 2. The van der Waals surface area contributed by atoms with E-state index in [4.69, 9.17) is 0 Å². The van der Waals surface area contributed by atoms with Gasteiger partial charge in [0.1, 0.15) is 0 Å². The monoisotopic (exact) mass is 496 g/mol. The molecule has 0 radical (unpaired) electrons. The first-order valence-electron chi connectivity index (χ1n) is 5.93. The van der Waals surface area contributed by atoms with Crippen LogP contribution in [0.25, 0.3) is 0 Å². The summed E-state index contributed by atoms with van der Waals surface area (Å²) in [6.45, 7) is 1.60. The molecule has 106 valence electrons. The second-order valence-corrected chi connectivity index (χ2v) is 6.74. The van der Waals surface area contributed by atoms with Crippen molar-refractivity contribution in [1.82, 2.24) is 19.9 Å². The molecule has 0 bridgehead atoms. The highest BCUT2D eigenvalue weighted by molar-refractivity contribution is 14.1. The predicted molar refractivity (Wildman–Crippen MR) is 96.0 cm³/mol. The maximum atomic E-state index is 4.30. The molecular formula is C12H14I2N6. The molecule has 0 N–H and O–H groups in total. The summed E-state index contributed by atoms with van der Waals surface area (Å²) in [4.78, 5) is 21.2. The van der Waals surface area contributed by atoms with Crippen LogP contribution in [0.5, 0.6) is 0 Å². The van der Waals surface area contributed by atoms with Gasteiger partial charge in [0, 0.05) is 59.1 Å². The van der Waals surface area contributed by atoms with E-state index < -0.39 is 0 Å². The van der Waals surface area contributed by atoms with Crippen LogP contribution in [0.4, 0.5) is 11.9 Å². The van der Waals surface area contributed by atoms with E-state index in [0.717, 1.165) is 32.1 Å². The molecule has 2 aromatic rings. The van der Waals surface area contributed by atoms with Crippen LogP contribution in [0.3, 0.4) is 0 Å². The summed E-state index contributed by atoms with van der Waals surface area (Å²) < 4.78 is 2.06. The Morgan fingerprint density at radius 3 is 1.35 bits per heavy atom. The maximum Gasteiger partial charge on any atom is 0.225 e. The van der Waals surface area contributed by atoms with E-state index in [9.17, 15) is 0 Å². The number of halogens is 2. The van der Waals surface area contributed by atoms with Gasteiger partial charge in [-0.25, -0.2) is 19.9 Å².